The number of hydrogen-bond donors (Lipinski definition) is 2. The largest absolute Gasteiger partial charge is 0.507 e. The van der Waals surface area contributed by atoms with Gasteiger partial charge in [-0.1, -0.05) is 12.1 Å². The van der Waals surface area contributed by atoms with Gasteiger partial charge < -0.3 is 34.2 Å². The molecule has 1 amide bonds. The van der Waals surface area contributed by atoms with E-state index in [1.807, 2.05) is 19.0 Å². The molecular weight excluding hydrogens is 440 g/mol. The van der Waals surface area contributed by atoms with Gasteiger partial charge in [0, 0.05) is 18.2 Å². The van der Waals surface area contributed by atoms with Crippen LogP contribution in [0.1, 0.15) is 23.6 Å². The summed E-state index contributed by atoms with van der Waals surface area (Å²) in [5, 5.41) is 21.7. The molecule has 3 rings (SSSR count). The van der Waals surface area contributed by atoms with Crippen LogP contribution >= 0.6 is 0 Å². The van der Waals surface area contributed by atoms with Crippen molar-refractivity contribution in [3.8, 4) is 23.0 Å². The Balaban J connectivity index is 2.22. The van der Waals surface area contributed by atoms with E-state index in [1.165, 1.54) is 38.4 Å². The topological polar surface area (TPSA) is 109 Å². The van der Waals surface area contributed by atoms with Crippen molar-refractivity contribution in [2.45, 2.75) is 12.5 Å². The summed E-state index contributed by atoms with van der Waals surface area (Å²) in [5.74, 6) is -1.19. The summed E-state index contributed by atoms with van der Waals surface area (Å²) in [5.41, 5.74) is 0.362. The van der Waals surface area contributed by atoms with E-state index in [-0.39, 0.29) is 23.4 Å². The number of para-hydroxylation sites is 1. The fraction of sp³-hybridized carbons (Fsp3) is 0.360. The monoisotopic (exact) mass is 470 g/mol. The lowest BCUT2D eigenvalue weighted by Gasteiger charge is -2.27. The number of carbonyl (C=O) groups excluding carboxylic acids is 2. The number of amides is 1. The molecule has 1 saturated heterocycles. The van der Waals surface area contributed by atoms with E-state index in [4.69, 9.17) is 14.2 Å². The zero-order chi connectivity index (χ0) is 25.0. The van der Waals surface area contributed by atoms with Gasteiger partial charge in [0.1, 0.15) is 17.3 Å². The van der Waals surface area contributed by atoms with Gasteiger partial charge in [-0.2, -0.15) is 0 Å². The summed E-state index contributed by atoms with van der Waals surface area (Å²) < 4.78 is 16.1. The summed E-state index contributed by atoms with van der Waals surface area (Å²) in [4.78, 5) is 29.7. The maximum Gasteiger partial charge on any atom is 0.295 e. The summed E-state index contributed by atoms with van der Waals surface area (Å²) in [6, 6.07) is 8.51. The third kappa shape index (κ3) is 4.65. The number of carbonyl (C=O) groups is 2. The highest BCUT2D eigenvalue weighted by molar-refractivity contribution is 6.46. The molecule has 34 heavy (non-hydrogen) atoms. The number of benzene rings is 2. The Morgan fingerprint density at radius 2 is 1.79 bits per heavy atom. The van der Waals surface area contributed by atoms with Crippen LogP contribution in [0.5, 0.6) is 23.0 Å². The number of methoxy groups -OCH3 is 3. The lowest BCUT2D eigenvalue weighted by molar-refractivity contribution is -0.140. The van der Waals surface area contributed by atoms with Gasteiger partial charge in [0.2, 0.25) is 0 Å². The number of Topliss-reactive ketones (excluding diaryl/α,β-unsaturated/α-hetero) is 1. The molecule has 0 saturated carbocycles. The molecule has 1 atom stereocenters. The van der Waals surface area contributed by atoms with E-state index in [2.05, 4.69) is 0 Å². The molecule has 1 heterocycles. The molecule has 0 spiro atoms. The van der Waals surface area contributed by atoms with Crippen LogP contribution in [0, 0.1) is 0 Å². The number of rotatable bonds is 9. The maximum atomic E-state index is 13.2. The molecule has 2 N–H and O–H groups in total. The number of aliphatic hydroxyl groups is 1. The lowest BCUT2D eigenvalue weighted by atomic mass is 9.94. The van der Waals surface area contributed by atoms with Crippen molar-refractivity contribution in [2.75, 3.05) is 48.5 Å². The molecule has 9 heteroatoms. The normalized spacial score (nSPS) is 17.4. The highest BCUT2D eigenvalue weighted by Gasteiger charge is 2.47. The Labute approximate surface area is 198 Å². The molecule has 0 aliphatic carbocycles. The van der Waals surface area contributed by atoms with Crippen molar-refractivity contribution in [1.29, 1.82) is 0 Å². The highest BCUT2D eigenvalue weighted by Crippen LogP contribution is 2.46. The molecule has 182 valence electrons. The number of aromatic hydroxyl groups is 1. The van der Waals surface area contributed by atoms with Gasteiger partial charge in [0.15, 0.2) is 11.5 Å². The Morgan fingerprint density at radius 1 is 1.06 bits per heavy atom. The minimum atomic E-state index is -0.936. The molecule has 0 bridgehead atoms. The second kappa shape index (κ2) is 10.5. The number of phenols is 1. The van der Waals surface area contributed by atoms with Crippen LogP contribution in [-0.2, 0) is 9.59 Å². The standard InChI is InChI=1S/C25H30N2O7/c1-26(2)12-7-13-27-21(17-8-6-9-19(33-4)24(17)34-5)20(23(30)25(27)31)22(29)16-11-10-15(32-3)14-18(16)28/h6,8-11,14,21,28-29H,7,12-13H2,1-5H3. The van der Waals surface area contributed by atoms with Gasteiger partial charge in [0.25, 0.3) is 11.7 Å². The first-order valence-corrected chi connectivity index (χ1v) is 10.8. The van der Waals surface area contributed by atoms with Gasteiger partial charge >= 0.3 is 0 Å². The molecule has 2 aromatic rings. The molecule has 9 nitrogen and oxygen atoms in total. The van der Waals surface area contributed by atoms with E-state index in [0.29, 0.717) is 35.8 Å². The first-order valence-electron chi connectivity index (χ1n) is 10.8. The second-order valence-corrected chi connectivity index (χ2v) is 8.12. The number of aliphatic hydroxyl groups excluding tert-OH is 1. The van der Waals surface area contributed by atoms with Crippen molar-refractivity contribution in [3.05, 3.63) is 53.1 Å². The molecule has 0 radical (unpaired) electrons. The van der Waals surface area contributed by atoms with E-state index in [0.717, 1.165) is 0 Å². The highest BCUT2D eigenvalue weighted by atomic mass is 16.5. The SMILES string of the molecule is COc1ccc(C(O)=C2C(=O)C(=O)N(CCCN(C)C)C2c2cccc(OC)c2OC)c(O)c1. The molecule has 2 aromatic carbocycles. The van der Waals surface area contributed by atoms with E-state index >= 15 is 0 Å². The van der Waals surface area contributed by atoms with Crippen molar-refractivity contribution >= 4 is 17.4 Å². The summed E-state index contributed by atoms with van der Waals surface area (Å²) >= 11 is 0. The van der Waals surface area contributed by atoms with Gasteiger partial charge in [-0.15, -0.1) is 0 Å². The number of likely N-dealkylation sites (tertiary alicyclic amines) is 1. The predicted molar refractivity (Wildman–Crippen MR) is 126 cm³/mol. The Bertz CT molecular complexity index is 1110. The van der Waals surface area contributed by atoms with Crippen LogP contribution in [0.2, 0.25) is 0 Å². The summed E-state index contributed by atoms with van der Waals surface area (Å²) in [6.07, 6.45) is 0.608. The van der Waals surface area contributed by atoms with Crippen LogP contribution in [0.3, 0.4) is 0 Å². The lowest BCUT2D eigenvalue weighted by Crippen LogP contribution is -2.32. The average Bonchev–Trinajstić information content (AvgIpc) is 3.07. The maximum absolute atomic E-state index is 13.2. The van der Waals surface area contributed by atoms with Crippen LogP contribution in [0.4, 0.5) is 0 Å². The minimum absolute atomic E-state index is 0.0129. The minimum Gasteiger partial charge on any atom is -0.507 e. The number of ether oxygens (including phenoxy) is 3. The van der Waals surface area contributed by atoms with E-state index < -0.39 is 23.5 Å². The van der Waals surface area contributed by atoms with Crippen LogP contribution in [0.15, 0.2) is 42.0 Å². The van der Waals surface area contributed by atoms with Crippen molar-refractivity contribution in [2.24, 2.45) is 0 Å². The smallest absolute Gasteiger partial charge is 0.295 e. The third-order valence-corrected chi connectivity index (χ3v) is 5.73. The zero-order valence-electron chi connectivity index (χ0n) is 20.0. The van der Waals surface area contributed by atoms with E-state index in [1.54, 1.807) is 24.3 Å². The third-order valence-electron chi connectivity index (χ3n) is 5.73. The Morgan fingerprint density at radius 3 is 2.38 bits per heavy atom. The van der Waals surface area contributed by atoms with Gasteiger partial charge in [-0.05, 0) is 45.3 Å². The molecule has 1 fully saturated rings. The predicted octanol–water partition coefficient (Wildman–Crippen LogP) is 2.79. The Hall–Kier alpha value is -3.72. The van der Waals surface area contributed by atoms with Crippen molar-refractivity contribution in [3.63, 3.8) is 0 Å². The summed E-state index contributed by atoms with van der Waals surface area (Å²) in [6.45, 7) is 0.976. The number of hydrogen-bond acceptors (Lipinski definition) is 8. The number of ketones is 1. The van der Waals surface area contributed by atoms with Gasteiger partial charge in [-0.25, -0.2) is 0 Å². The van der Waals surface area contributed by atoms with Crippen molar-refractivity contribution < 1.29 is 34.0 Å². The zero-order valence-corrected chi connectivity index (χ0v) is 20.0. The molecule has 1 aliphatic heterocycles. The number of phenolic OH excluding ortho intramolecular Hbond substituents is 1. The average molecular weight is 471 g/mol. The van der Waals surface area contributed by atoms with Crippen molar-refractivity contribution in [1.82, 2.24) is 9.80 Å². The first-order chi connectivity index (χ1) is 16.2. The fourth-order valence-electron chi connectivity index (χ4n) is 4.10. The molecule has 1 unspecified atom stereocenters. The fourth-order valence-corrected chi connectivity index (χ4v) is 4.10. The summed E-state index contributed by atoms with van der Waals surface area (Å²) in [7, 11) is 8.24. The molecule has 0 aromatic heterocycles. The van der Waals surface area contributed by atoms with Crippen LogP contribution in [-0.4, -0.2) is 80.2 Å². The van der Waals surface area contributed by atoms with Crippen LogP contribution in [0.25, 0.3) is 5.76 Å². The number of nitrogens with zero attached hydrogens (tertiary/aromatic N) is 2. The van der Waals surface area contributed by atoms with E-state index in [9.17, 15) is 19.8 Å². The van der Waals surface area contributed by atoms with Gasteiger partial charge in [-0.3, -0.25) is 9.59 Å². The van der Waals surface area contributed by atoms with Gasteiger partial charge in [0.05, 0.1) is 38.5 Å². The Kier molecular flexibility index (Phi) is 7.68. The first kappa shape index (κ1) is 24.9. The van der Waals surface area contributed by atoms with Crippen LogP contribution < -0.4 is 14.2 Å². The quantitative estimate of drug-likeness (QED) is 0.327. The second-order valence-electron chi connectivity index (χ2n) is 8.12. The molecular formula is C25H30N2O7. The molecule has 1 aliphatic rings.